The highest BCUT2D eigenvalue weighted by atomic mass is 16.5. The Hall–Kier alpha value is -2.27. The number of aliphatic imine (C=N–C) groups is 1. The number of nitrogens with two attached hydrogens (primary N) is 1. The molecule has 3 aliphatic carbocycles. The Morgan fingerprint density at radius 1 is 1.12 bits per heavy atom. The van der Waals surface area contributed by atoms with Gasteiger partial charge in [0.2, 0.25) is 0 Å². The van der Waals surface area contributed by atoms with Crippen molar-refractivity contribution in [1.29, 1.82) is 0 Å². The van der Waals surface area contributed by atoms with Gasteiger partial charge in [-0.1, -0.05) is 19.1 Å². The van der Waals surface area contributed by atoms with Crippen molar-refractivity contribution in [3.05, 3.63) is 53.3 Å². The number of fused-ring (bicyclic) bond motifs is 3. The van der Waals surface area contributed by atoms with Crippen molar-refractivity contribution in [3.8, 4) is 11.1 Å². The van der Waals surface area contributed by atoms with E-state index in [0.29, 0.717) is 24.0 Å². The molecule has 1 aromatic carbocycles. The lowest BCUT2D eigenvalue weighted by Gasteiger charge is -2.53. The van der Waals surface area contributed by atoms with Gasteiger partial charge in [0.15, 0.2) is 15.7 Å². The maximum atomic E-state index is 6.30. The normalized spacial score (nSPS) is 34.3. The zero-order valence-corrected chi connectivity index (χ0v) is 20.2. The summed E-state index contributed by atoms with van der Waals surface area (Å²) >= 11 is 0. The highest BCUT2D eigenvalue weighted by molar-refractivity contribution is 6.41. The van der Waals surface area contributed by atoms with E-state index in [9.17, 15) is 0 Å². The Kier molecular flexibility index (Phi) is 4.59. The van der Waals surface area contributed by atoms with Gasteiger partial charge in [0, 0.05) is 30.5 Å². The number of pyridine rings is 1. The second-order valence-corrected chi connectivity index (χ2v) is 11.4. The summed E-state index contributed by atoms with van der Waals surface area (Å²) in [6.07, 6.45) is 11.0. The molecule has 6 rings (SSSR count). The molecule has 5 nitrogen and oxygen atoms in total. The van der Waals surface area contributed by atoms with Gasteiger partial charge in [-0.15, -0.1) is 0 Å². The van der Waals surface area contributed by atoms with Gasteiger partial charge in [-0.2, -0.15) is 0 Å². The minimum atomic E-state index is -0.519. The molecule has 0 amide bonds. The molecular formula is C26H33B2N3O2. The Labute approximate surface area is 198 Å². The maximum Gasteiger partial charge on any atom is 0.282 e. The Morgan fingerprint density at radius 2 is 1.94 bits per heavy atom. The van der Waals surface area contributed by atoms with Crippen molar-refractivity contribution in [2.45, 2.75) is 68.4 Å². The van der Waals surface area contributed by atoms with Crippen molar-refractivity contribution in [3.63, 3.8) is 0 Å². The van der Waals surface area contributed by atoms with Gasteiger partial charge in [0.05, 0.1) is 11.5 Å². The fourth-order valence-electron chi connectivity index (χ4n) is 7.47. The highest BCUT2D eigenvalue weighted by Crippen LogP contribution is 2.65. The standard InChI is InChI=1S/C26H33B2N3O2/c1-15-11-24(8-7-22(15)32-2)12-18-6-5-17(20-9-19(13-30-14-20)16-3-4-16)10-21(18)25(24)26(27,28)33-23(29)31-25/h5-6,9-10,13-16,22H,3-4,7-8,11-12,27-28H2,1-2H3,(H2,29,31)/t15-,22-,24-,25+/m1/s1. The molecule has 2 fully saturated rings. The van der Waals surface area contributed by atoms with Gasteiger partial charge < -0.3 is 15.2 Å². The van der Waals surface area contributed by atoms with E-state index in [1.165, 1.54) is 40.7 Å². The minimum Gasteiger partial charge on any atom is -0.475 e. The summed E-state index contributed by atoms with van der Waals surface area (Å²) in [6, 6.07) is 9.58. The highest BCUT2D eigenvalue weighted by Gasteiger charge is 2.68. The molecule has 4 aliphatic rings. The molecule has 1 aromatic heterocycles. The fraction of sp³-hybridized carbons (Fsp3) is 0.538. The summed E-state index contributed by atoms with van der Waals surface area (Å²) < 4.78 is 12.1. The first-order valence-corrected chi connectivity index (χ1v) is 12.4. The van der Waals surface area contributed by atoms with Crippen LogP contribution in [-0.4, -0.2) is 45.3 Å². The van der Waals surface area contributed by atoms with Gasteiger partial charge in [0.25, 0.3) is 6.02 Å². The average molecular weight is 441 g/mol. The second kappa shape index (κ2) is 7.11. The molecule has 2 saturated carbocycles. The number of hydrogen-bond donors (Lipinski definition) is 1. The second-order valence-electron chi connectivity index (χ2n) is 11.4. The van der Waals surface area contributed by atoms with E-state index >= 15 is 0 Å². The molecule has 4 atom stereocenters. The van der Waals surface area contributed by atoms with E-state index < -0.39 is 10.9 Å². The number of benzene rings is 1. The van der Waals surface area contributed by atoms with E-state index in [2.05, 4.69) is 51.9 Å². The molecule has 0 saturated heterocycles. The van der Waals surface area contributed by atoms with Crippen LogP contribution in [0.5, 0.6) is 0 Å². The van der Waals surface area contributed by atoms with Crippen LogP contribution in [0.4, 0.5) is 0 Å². The molecule has 2 heterocycles. The first kappa shape index (κ1) is 21.3. The lowest BCUT2D eigenvalue weighted by atomic mass is 9.44. The summed E-state index contributed by atoms with van der Waals surface area (Å²) in [5, 5.41) is -0.519. The third-order valence-corrected chi connectivity index (χ3v) is 9.00. The number of aromatic nitrogens is 1. The summed E-state index contributed by atoms with van der Waals surface area (Å²) in [5.41, 5.74) is 12.2. The Bertz CT molecular complexity index is 1150. The van der Waals surface area contributed by atoms with E-state index in [1.54, 1.807) is 0 Å². The first-order chi connectivity index (χ1) is 15.8. The molecule has 0 bridgehead atoms. The summed E-state index contributed by atoms with van der Waals surface area (Å²) in [6.45, 7) is 2.32. The van der Waals surface area contributed by atoms with Gasteiger partial charge in [-0.25, -0.2) is 4.99 Å². The molecule has 1 aliphatic heterocycles. The average Bonchev–Trinajstić information content (AvgIpc) is 3.55. The third-order valence-electron chi connectivity index (χ3n) is 9.00. The van der Waals surface area contributed by atoms with Crippen LogP contribution >= 0.6 is 0 Å². The van der Waals surface area contributed by atoms with Gasteiger partial charge in [-0.05, 0) is 84.7 Å². The van der Waals surface area contributed by atoms with Crippen LogP contribution in [-0.2, 0) is 21.4 Å². The van der Waals surface area contributed by atoms with Crippen LogP contribution in [0.15, 0.2) is 41.7 Å². The molecule has 2 spiro atoms. The molecule has 170 valence electrons. The van der Waals surface area contributed by atoms with Gasteiger partial charge in [-0.3, -0.25) is 4.98 Å². The van der Waals surface area contributed by atoms with Crippen LogP contribution in [0.1, 0.15) is 61.6 Å². The molecule has 7 heteroatoms. The fourth-order valence-corrected chi connectivity index (χ4v) is 7.47. The monoisotopic (exact) mass is 441 g/mol. The van der Waals surface area contributed by atoms with E-state index in [4.69, 9.17) is 20.2 Å². The summed E-state index contributed by atoms with van der Waals surface area (Å²) in [5.74, 6) is 1.15. The smallest absolute Gasteiger partial charge is 0.282 e. The quantitative estimate of drug-likeness (QED) is 0.744. The van der Waals surface area contributed by atoms with Crippen LogP contribution < -0.4 is 5.73 Å². The number of nitrogens with zero attached hydrogens (tertiary/aromatic N) is 2. The van der Waals surface area contributed by atoms with Crippen molar-refractivity contribution >= 4 is 21.7 Å². The molecule has 33 heavy (non-hydrogen) atoms. The van der Waals surface area contributed by atoms with Crippen LogP contribution in [0.2, 0.25) is 0 Å². The van der Waals surface area contributed by atoms with Gasteiger partial charge in [0.1, 0.15) is 5.54 Å². The Morgan fingerprint density at radius 3 is 2.61 bits per heavy atom. The van der Waals surface area contributed by atoms with Crippen LogP contribution in [0, 0.1) is 11.3 Å². The predicted molar refractivity (Wildman–Crippen MR) is 136 cm³/mol. The summed E-state index contributed by atoms with van der Waals surface area (Å²) in [7, 11) is 6.18. The number of hydrogen-bond acceptors (Lipinski definition) is 5. The van der Waals surface area contributed by atoms with E-state index in [1.807, 2.05) is 19.5 Å². The number of rotatable bonds is 3. The maximum absolute atomic E-state index is 6.30. The van der Waals surface area contributed by atoms with E-state index in [0.717, 1.165) is 25.7 Å². The number of ether oxygens (including phenoxy) is 2. The zero-order valence-electron chi connectivity index (χ0n) is 20.2. The van der Waals surface area contributed by atoms with Crippen LogP contribution in [0.25, 0.3) is 11.1 Å². The predicted octanol–water partition coefficient (Wildman–Crippen LogP) is 2.46. The topological polar surface area (TPSA) is 69.7 Å². The Balaban J connectivity index is 1.50. The molecule has 2 N–H and O–H groups in total. The third kappa shape index (κ3) is 2.97. The molecule has 2 aromatic rings. The SMILES string of the molecule is BC1(B)OC(N)=N[C@]12c1cc(-c3cncc(C4CC4)c3)ccc1C[C@]21CC[C@@H](OC)[C@H](C)C1. The lowest BCUT2D eigenvalue weighted by molar-refractivity contribution is -0.0559. The first-order valence-electron chi connectivity index (χ1n) is 12.4. The summed E-state index contributed by atoms with van der Waals surface area (Å²) in [4.78, 5) is 9.75. The molecule has 0 unspecified atom stereocenters. The minimum absolute atomic E-state index is 0.0267. The lowest BCUT2D eigenvalue weighted by Crippen LogP contribution is -2.60. The van der Waals surface area contributed by atoms with E-state index in [-0.39, 0.29) is 5.41 Å². The van der Waals surface area contributed by atoms with Gasteiger partial charge >= 0.3 is 0 Å². The van der Waals surface area contributed by atoms with Crippen molar-refractivity contribution in [2.75, 3.05) is 7.11 Å². The van der Waals surface area contributed by atoms with Crippen LogP contribution in [0.3, 0.4) is 0 Å². The van der Waals surface area contributed by atoms with Crippen molar-refractivity contribution in [1.82, 2.24) is 4.98 Å². The molecular weight excluding hydrogens is 408 g/mol. The number of methoxy groups -OCH3 is 1. The van der Waals surface area contributed by atoms with Crippen molar-refractivity contribution in [2.24, 2.45) is 22.1 Å². The number of amidine groups is 1. The molecule has 0 radical (unpaired) electrons. The van der Waals surface area contributed by atoms with Crippen molar-refractivity contribution < 1.29 is 9.47 Å². The zero-order chi connectivity index (χ0) is 23.0. The largest absolute Gasteiger partial charge is 0.475 e.